The number of carbonyl (C=O) groups excluding carboxylic acids is 1. The number of likely N-dealkylation sites (tertiary alicyclic amines) is 1. The summed E-state index contributed by atoms with van der Waals surface area (Å²) < 4.78 is 4.32. The fourth-order valence-electron chi connectivity index (χ4n) is 7.86. The van der Waals surface area contributed by atoms with Gasteiger partial charge in [-0.05, 0) is 56.2 Å². The van der Waals surface area contributed by atoms with Crippen LogP contribution in [0.25, 0.3) is 22.3 Å². The van der Waals surface area contributed by atoms with Gasteiger partial charge >= 0.3 is 0 Å². The first-order valence-electron chi connectivity index (χ1n) is 13.8. The maximum absolute atomic E-state index is 12.0. The largest absolute Gasteiger partial charge is 0.338 e. The summed E-state index contributed by atoms with van der Waals surface area (Å²) in [6.07, 6.45) is 8.62. The number of halogens is 1. The Labute approximate surface area is 228 Å². The summed E-state index contributed by atoms with van der Waals surface area (Å²) >= 11 is 7.28. The van der Waals surface area contributed by atoms with E-state index >= 15 is 0 Å². The molecule has 4 aliphatic rings. The zero-order valence-electron chi connectivity index (χ0n) is 22.3. The molecule has 5 unspecified atom stereocenters. The van der Waals surface area contributed by atoms with Gasteiger partial charge in [-0.1, -0.05) is 13.5 Å². The van der Waals surface area contributed by atoms with Crippen molar-refractivity contribution in [2.75, 3.05) is 19.6 Å². The molecule has 0 aromatic carbocycles. The minimum Gasteiger partial charge on any atom is -0.338 e. The summed E-state index contributed by atoms with van der Waals surface area (Å²) in [6.45, 7) is 10.7. The number of carbonyl (C=O) groups is 1. The van der Waals surface area contributed by atoms with Gasteiger partial charge in [-0.3, -0.25) is 20.3 Å². The highest BCUT2D eigenvalue weighted by Gasteiger charge is 2.55. The Bertz CT molecular complexity index is 1430. The quantitative estimate of drug-likeness (QED) is 0.392. The lowest BCUT2D eigenvalue weighted by atomic mass is 9.60. The smallest absolute Gasteiger partial charge is 0.245 e. The van der Waals surface area contributed by atoms with Gasteiger partial charge in [0.05, 0.1) is 11.7 Å². The van der Waals surface area contributed by atoms with Gasteiger partial charge in [-0.2, -0.15) is 5.10 Å². The third kappa shape index (κ3) is 3.53. The average molecular weight is 534 g/mol. The van der Waals surface area contributed by atoms with E-state index in [1.807, 2.05) is 18.1 Å². The molecule has 3 aromatic heterocycles. The molecule has 2 N–H and O–H groups in total. The summed E-state index contributed by atoms with van der Waals surface area (Å²) in [7, 11) is 2.03. The molecule has 8 nitrogen and oxygen atoms in total. The fraction of sp³-hybridized carbons (Fsp3) is 0.552. The van der Waals surface area contributed by atoms with Crippen LogP contribution in [-0.2, 0) is 11.8 Å². The first-order valence-corrected chi connectivity index (χ1v) is 14.3. The van der Waals surface area contributed by atoms with E-state index in [2.05, 4.69) is 58.9 Å². The van der Waals surface area contributed by atoms with Crippen LogP contribution >= 0.6 is 11.6 Å². The average Bonchev–Trinajstić information content (AvgIpc) is 3.56. The lowest BCUT2D eigenvalue weighted by Gasteiger charge is -2.58. The second kappa shape index (κ2) is 8.66. The molecule has 38 heavy (non-hydrogen) atoms. The van der Waals surface area contributed by atoms with Crippen molar-refractivity contribution < 1.29 is 4.79 Å². The van der Waals surface area contributed by atoms with Crippen molar-refractivity contribution in [1.82, 2.24) is 35.1 Å². The van der Waals surface area contributed by atoms with Crippen LogP contribution in [0.2, 0.25) is 0 Å². The standard InChI is InChI=1S/C29H36ClN7O/c1-5-23(38)36-14-29(15-36)10-20(11-29)37-17(3)24(25-21-13-32-33-22(21)8-16(2)26(25)30)27(34-37)19-9-18-6-7-35(4)28(18)31-12-19/h5-7,9,12,16,20-22,25-26,32-33H,1,8,10-11,13-15H2,2-4H3. The number of alkyl halides is 1. The number of hydrogen-bond donors (Lipinski definition) is 2. The van der Waals surface area contributed by atoms with Gasteiger partial charge < -0.3 is 9.47 Å². The number of nitrogens with zero attached hydrogens (tertiary/aromatic N) is 5. The number of hydrogen-bond acceptors (Lipinski definition) is 5. The van der Waals surface area contributed by atoms with Gasteiger partial charge in [0.25, 0.3) is 0 Å². The van der Waals surface area contributed by atoms with E-state index < -0.39 is 0 Å². The predicted molar refractivity (Wildman–Crippen MR) is 149 cm³/mol. The maximum atomic E-state index is 12.0. The zero-order chi connectivity index (χ0) is 26.3. The third-order valence-corrected chi connectivity index (χ3v) is 10.5. The van der Waals surface area contributed by atoms with Crippen LogP contribution in [0.3, 0.4) is 0 Å². The maximum Gasteiger partial charge on any atom is 0.245 e. The van der Waals surface area contributed by atoms with E-state index in [1.165, 1.54) is 17.3 Å². The second-order valence-electron chi connectivity index (χ2n) is 12.3. The Morgan fingerprint density at radius 3 is 2.87 bits per heavy atom. The lowest BCUT2D eigenvalue weighted by Crippen LogP contribution is -2.63. The Balaban J connectivity index is 1.28. The van der Waals surface area contributed by atoms with E-state index in [4.69, 9.17) is 21.7 Å². The monoisotopic (exact) mass is 533 g/mol. The highest BCUT2D eigenvalue weighted by molar-refractivity contribution is 6.21. The first kappa shape index (κ1) is 24.4. The van der Waals surface area contributed by atoms with Crippen molar-refractivity contribution in [2.45, 2.75) is 56.5 Å². The molecule has 4 fully saturated rings. The molecule has 1 spiro atoms. The van der Waals surface area contributed by atoms with Gasteiger partial charge in [0.15, 0.2) is 0 Å². The molecule has 0 radical (unpaired) electrons. The molecule has 3 aromatic rings. The number of fused-ring (bicyclic) bond motifs is 2. The molecule has 200 valence electrons. The van der Waals surface area contributed by atoms with Crippen LogP contribution in [0, 0.1) is 24.2 Å². The van der Waals surface area contributed by atoms with Gasteiger partial charge in [0.2, 0.25) is 5.91 Å². The Hall–Kier alpha value is -2.68. The van der Waals surface area contributed by atoms with Crippen molar-refractivity contribution in [3.63, 3.8) is 0 Å². The van der Waals surface area contributed by atoms with Gasteiger partial charge in [-0.25, -0.2) is 4.98 Å². The van der Waals surface area contributed by atoms with Crippen molar-refractivity contribution in [2.24, 2.45) is 24.3 Å². The second-order valence-corrected chi connectivity index (χ2v) is 12.8. The number of pyridine rings is 1. The van der Waals surface area contributed by atoms with Crippen LogP contribution in [-0.4, -0.2) is 61.2 Å². The molecule has 0 bridgehead atoms. The fourth-order valence-corrected chi connectivity index (χ4v) is 8.28. The zero-order valence-corrected chi connectivity index (χ0v) is 23.1. The summed E-state index contributed by atoms with van der Waals surface area (Å²) in [4.78, 5) is 18.7. The summed E-state index contributed by atoms with van der Waals surface area (Å²) in [5.41, 5.74) is 12.7. The molecule has 9 heteroatoms. The van der Waals surface area contributed by atoms with Crippen molar-refractivity contribution in [1.29, 1.82) is 0 Å². The van der Waals surface area contributed by atoms with Crippen LogP contribution < -0.4 is 10.9 Å². The van der Waals surface area contributed by atoms with E-state index in [0.717, 1.165) is 61.2 Å². The lowest BCUT2D eigenvalue weighted by molar-refractivity contribution is -0.149. The predicted octanol–water partition coefficient (Wildman–Crippen LogP) is 3.92. The third-order valence-electron chi connectivity index (χ3n) is 9.85. The minimum atomic E-state index is 0.0376. The molecule has 2 saturated heterocycles. The van der Waals surface area contributed by atoms with Crippen LogP contribution in [0.15, 0.2) is 37.2 Å². The Morgan fingerprint density at radius 2 is 2.11 bits per heavy atom. The van der Waals surface area contributed by atoms with E-state index in [1.54, 1.807) is 0 Å². The number of aryl methyl sites for hydroxylation is 1. The van der Waals surface area contributed by atoms with Crippen molar-refractivity contribution in [3.05, 3.63) is 48.4 Å². The van der Waals surface area contributed by atoms with E-state index in [9.17, 15) is 4.79 Å². The molecular formula is C29H36ClN7O. The normalized spacial score (nSPS) is 30.3. The highest BCUT2D eigenvalue weighted by atomic mass is 35.5. The molecule has 5 heterocycles. The van der Waals surface area contributed by atoms with Gasteiger partial charge in [-0.15, -0.1) is 11.6 Å². The molecule has 5 atom stereocenters. The first-order chi connectivity index (χ1) is 18.3. The number of amides is 1. The van der Waals surface area contributed by atoms with E-state index in [0.29, 0.717) is 23.9 Å². The van der Waals surface area contributed by atoms with Crippen LogP contribution in [0.1, 0.15) is 49.4 Å². The van der Waals surface area contributed by atoms with Crippen molar-refractivity contribution >= 4 is 28.5 Å². The number of hydrazine groups is 1. The molecule has 7 rings (SSSR count). The number of aromatic nitrogens is 4. The number of nitrogens with one attached hydrogen (secondary N) is 2. The summed E-state index contributed by atoms with van der Waals surface area (Å²) in [5, 5.41) is 6.49. The SMILES string of the molecule is C=CC(=O)N1CC2(CC(n3nc(-c4cnc5c(ccn5C)c4)c(C4C(Cl)C(C)CC5NNCC54)c3C)C2)C1. The van der Waals surface area contributed by atoms with Gasteiger partial charge in [0.1, 0.15) is 5.65 Å². The molecule has 2 aliphatic carbocycles. The van der Waals surface area contributed by atoms with Gasteiger partial charge in [0, 0.05) is 84.0 Å². The highest BCUT2D eigenvalue weighted by Crippen LogP contribution is 2.56. The summed E-state index contributed by atoms with van der Waals surface area (Å²) in [6, 6.07) is 5.09. The molecule has 2 saturated carbocycles. The number of rotatable bonds is 4. The van der Waals surface area contributed by atoms with Crippen molar-refractivity contribution in [3.8, 4) is 11.3 Å². The topological polar surface area (TPSA) is 80.0 Å². The van der Waals surface area contributed by atoms with E-state index in [-0.39, 0.29) is 22.6 Å². The Morgan fingerprint density at radius 1 is 1.32 bits per heavy atom. The van der Waals surface area contributed by atoms with Crippen LogP contribution in [0.5, 0.6) is 0 Å². The molecule has 1 amide bonds. The van der Waals surface area contributed by atoms with Crippen LogP contribution in [0.4, 0.5) is 0 Å². The Kier molecular flexibility index (Phi) is 5.55. The molecular weight excluding hydrogens is 498 g/mol. The minimum absolute atomic E-state index is 0.0376. The summed E-state index contributed by atoms with van der Waals surface area (Å²) in [5.74, 6) is 1.04. The molecule has 2 aliphatic heterocycles.